The molecular formula is C21H22F3N6. The minimum atomic E-state index is -4.21. The number of pyridine rings is 1. The van der Waals surface area contributed by atoms with Gasteiger partial charge >= 0.3 is 6.18 Å². The van der Waals surface area contributed by atoms with Gasteiger partial charge in [-0.05, 0) is 30.4 Å². The first-order chi connectivity index (χ1) is 14.5. The molecule has 2 aromatic heterocycles. The molecular weight excluding hydrogens is 393 g/mol. The predicted octanol–water partition coefficient (Wildman–Crippen LogP) is 2.94. The van der Waals surface area contributed by atoms with E-state index in [1.54, 1.807) is 12.3 Å². The number of fused-ring (bicyclic) bond motifs is 1. The van der Waals surface area contributed by atoms with E-state index < -0.39 is 18.6 Å². The number of allylic oxidation sites excluding steroid dienone is 2. The highest BCUT2D eigenvalue weighted by molar-refractivity contribution is 5.94. The summed E-state index contributed by atoms with van der Waals surface area (Å²) in [5, 5.41) is 6.90. The van der Waals surface area contributed by atoms with Crippen LogP contribution in [-0.4, -0.2) is 53.3 Å². The van der Waals surface area contributed by atoms with E-state index in [0.29, 0.717) is 37.2 Å². The predicted molar refractivity (Wildman–Crippen MR) is 108 cm³/mol. The first kappa shape index (κ1) is 19.3. The van der Waals surface area contributed by atoms with E-state index in [2.05, 4.69) is 21.8 Å². The van der Waals surface area contributed by atoms with Crippen molar-refractivity contribution in [3.8, 4) is 0 Å². The van der Waals surface area contributed by atoms with Gasteiger partial charge in [0.15, 0.2) is 5.82 Å². The van der Waals surface area contributed by atoms with E-state index in [-0.39, 0.29) is 6.54 Å². The molecule has 1 radical (unpaired) electrons. The second kappa shape index (κ2) is 7.54. The van der Waals surface area contributed by atoms with Crippen LogP contribution in [0.2, 0.25) is 0 Å². The zero-order valence-electron chi connectivity index (χ0n) is 16.3. The summed E-state index contributed by atoms with van der Waals surface area (Å²) in [4.78, 5) is 16.0. The number of dihydropyridines is 1. The Labute approximate surface area is 172 Å². The highest BCUT2D eigenvalue weighted by atomic mass is 19.4. The third-order valence-electron chi connectivity index (χ3n) is 5.68. The Balaban J connectivity index is 1.59. The monoisotopic (exact) mass is 415 g/mol. The van der Waals surface area contributed by atoms with Crippen molar-refractivity contribution in [2.45, 2.75) is 37.4 Å². The number of nitrogens with zero attached hydrogens (tertiary/aromatic N) is 4. The molecule has 9 heteroatoms. The molecule has 157 valence electrons. The molecule has 5 rings (SSSR count). The quantitative estimate of drug-likeness (QED) is 0.801. The van der Waals surface area contributed by atoms with Gasteiger partial charge in [0.05, 0.1) is 24.3 Å². The Kier molecular flexibility index (Phi) is 4.85. The average molecular weight is 415 g/mol. The zero-order chi connectivity index (χ0) is 20.7. The molecule has 2 fully saturated rings. The fourth-order valence-electron chi connectivity index (χ4n) is 4.15. The third-order valence-corrected chi connectivity index (χ3v) is 5.68. The summed E-state index contributed by atoms with van der Waals surface area (Å²) in [5.74, 6) is 1.68. The van der Waals surface area contributed by atoms with Crippen LogP contribution in [0.25, 0.3) is 16.5 Å². The lowest BCUT2D eigenvalue weighted by Crippen LogP contribution is -2.52. The second-order valence-electron chi connectivity index (χ2n) is 8.01. The number of piperazine rings is 1. The van der Waals surface area contributed by atoms with Crippen LogP contribution in [0.5, 0.6) is 0 Å². The van der Waals surface area contributed by atoms with Crippen molar-refractivity contribution < 1.29 is 13.2 Å². The minimum Gasteiger partial charge on any atom is -0.380 e. The van der Waals surface area contributed by atoms with Gasteiger partial charge < -0.3 is 15.5 Å². The number of hydrogen-bond acceptors (Lipinski definition) is 6. The van der Waals surface area contributed by atoms with Crippen LogP contribution in [0.1, 0.15) is 36.6 Å². The van der Waals surface area contributed by atoms with E-state index in [1.807, 2.05) is 17.2 Å². The van der Waals surface area contributed by atoms with E-state index in [9.17, 15) is 13.2 Å². The Morgan fingerprint density at radius 1 is 1.20 bits per heavy atom. The van der Waals surface area contributed by atoms with E-state index in [0.717, 1.165) is 34.9 Å². The summed E-state index contributed by atoms with van der Waals surface area (Å²) in [6.07, 6.45) is 7.44. The van der Waals surface area contributed by atoms with Crippen molar-refractivity contribution in [2.24, 2.45) is 0 Å². The molecule has 0 bridgehead atoms. The van der Waals surface area contributed by atoms with Gasteiger partial charge in [-0.2, -0.15) is 13.2 Å². The molecule has 0 amide bonds. The number of aromatic nitrogens is 3. The highest BCUT2D eigenvalue weighted by Gasteiger charge is 2.35. The van der Waals surface area contributed by atoms with Crippen molar-refractivity contribution in [2.75, 3.05) is 31.1 Å². The molecule has 2 aromatic rings. The summed E-state index contributed by atoms with van der Waals surface area (Å²) < 4.78 is 39.0. The summed E-state index contributed by atoms with van der Waals surface area (Å²) in [7, 11) is 0. The minimum absolute atomic E-state index is 0.250. The van der Waals surface area contributed by atoms with E-state index in [1.165, 1.54) is 0 Å². The molecule has 0 aromatic carbocycles. The first-order valence-electron chi connectivity index (χ1n) is 10.2. The fourth-order valence-corrected chi connectivity index (χ4v) is 4.15. The number of halogens is 3. The molecule has 4 heterocycles. The number of rotatable bonds is 4. The average Bonchev–Trinajstić information content (AvgIpc) is 3.57. The maximum atomic E-state index is 13.0. The second-order valence-corrected chi connectivity index (χ2v) is 8.01. The van der Waals surface area contributed by atoms with E-state index in [4.69, 9.17) is 9.97 Å². The van der Waals surface area contributed by atoms with Crippen molar-refractivity contribution in [1.82, 2.24) is 25.6 Å². The van der Waals surface area contributed by atoms with Crippen molar-refractivity contribution >= 4 is 22.3 Å². The molecule has 30 heavy (non-hydrogen) atoms. The van der Waals surface area contributed by atoms with Gasteiger partial charge in [-0.3, -0.25) is 4.98 Å². The molecule has 1 unspecified atom stereocenters. The van der Waals surface area contributed by atoms with Gasteiger partial charge in [0.25, 0.3) is 0 Å². The van der Waals surface area contributed by atoms with Gasteiger partial charge in [-0.25, -0.2) is 9.97 Å². The Morgan fingerprint density at radius 3 is 2.80 bits per heavy atom. The van der Waals surface area contributed by atoms with Crippen LogP contribution in [0.3, 0.4) is 0 Å². The van der Waals surface area contributed by atoms with E-state index >= 15 is 0 Å². The summed E-state index contributed by atoms with van der Waals surface area (Å²) in [6.45, 7) is 1.95. The number of nitrogens with one attached hydrogen (secondary N) is 2. The lowest BCUT2D eigenvalue weighted by molar-refractivity contribution is -0.139. The molecule has 1 saturated heterocycles. The normalized spacial score (nSPS) is 22.2. The number of alkyl halides is 3. The lowest BCUT2D eigenvalue weighted by atomic mass is 10.1. The molecule has 1 aliphatic carbocycles. The van der Waals surface area contributed by atoms with Crippen LogP contribution in [-0.2, 0) is 0 Å². The van der Waals surface area contributed by atoms with Crippen LogP contribution in [0.4, 0.5) is 19.0 Å². The SMILES string of the molecule is FC(F)(F)CC1CN(c2nc(C3=CCN[C]=C3)nc3cncc(C4CC4)c23)CCN1. The lowest BCUT2D eigenvalue weighted by Gasteiger charge is -2.35. The van der Waals surface area contributed by atoms with Crippen LogP contribution < -0.4 is 15.5 Å². The van der Waals surface area contributed by atoms with Crippen LogP contribution in [0.15, 0.2) is 24.5 Å². The molecule has 1 atom stereocenters. The number of hydrogen-bond donors (Lipinski definition) is 2. The van der Waals surface area contributed by atoms with Gasteiger partial charge in [0.1, 0.15) is 5.82 Å². The van der Waals surface area contributed by atoms with Crippen LogP contribution >= 0.6 is 0 Å². The molecule has 6 nitrogen and oxygen atoms in total. The third kappa shape index (κ3) is 3.98. The van der Waals surface area contributed by atoms with Crippen molar-refractivity contribution in [1.29, 1.82) is 0 Å². The van der Waals surface area contributed by atoms with Gasteiger partial charge in [0, 0.05) is 49.4 Å². The topological polar surface area (TPSA) is 66.0 Å². The smallest absolute Gasteiger partial charge is 0.380 e. The maximum absolute atomic E-state index is 13.0. The van der Waals surface area contributed by atoms with Crippen molar-refractivity contribution in [3.63, 3.8) is 0 Å². The summed E-state index contributed by atoms with van der Waals surface area (Å²) in [6, 6.07) is -0.662. The van der Waals surface area contributed by atoms with Gasteiger partial charge in [-0.15, -0.1) is 0 Å². The highest BCUT2D eigenvalue weighted by Crippen LogP contribution is 2.44. The Hall–Kier alpha value is -2.68. The molecule has 3 aliphatic rings. The Bertz CT molecular complexity index is 1010. The molecule has 2 aliphatic heterocycles. The zero-order valence-corrected chi connectivity index (χ0v) is 16.3. The summed E-state index contributed by atoms with van der Waals surface area (Å²) in [5.41, 5.74) is 2.68. The standard InChI is InChI=1S/C21H22F3N6/c22-21(23,24)9-15-12-30(8-7-27-15)20-18-16(13-1-2-13)10-26-11-17(18)28-19(29-20)14-3-5-25-6-4-14/h3-4,10-11,13,15,25,27H,1-2,5,7-9,12H2. The van der Waals surface area contributed by atoms with Gasteiger partial charge in [0.2, 0.25) is 0 Å². The fraction of sp³-hybridized carbons (Fsp3) is 0.476. The molecule has 1 saturated carbocycles. The Morgan fingerprint density at radius 2 is 2.07 bits per heavy atom. The van der Waals surface area contributed by atoms with Crippen LogP contribution in [0, 0.1) is 6.20 Å². The van der Waals surface area contributed by atoms with Crippen molar-refractivity contribution in [3.05, 3.63) is 42.1 Å². The first-order valence-corrected chi connectivity index (χ1v) is 10.2. The molecule has 2 N–H and O–H groups in total. The largest absolute Gasteiger partial charge is 0.390 e. The maximum Gasteiger partial charge on any atom is 0.390 e. The molecule has 0 spiro atoms. The number of anilines is 1. The van der Waals surface area contributed by atoms with Gasteiger partial charge in [-0.1, -0.05) is 6.08 Å². The summed E-state index contributed by atoms with van der Waals surface area (Å²) >= 11 is 0.